The van der Waals surface area contributed by atoms with Crippen LogP contribution in [-0.4, -0.2) is 8.07 Å². The van der Waals surface area contributed by atoms with Crippen molar-refractivity contribution in [1.29, 1.82) is 0 Å². The number of rotatable bonds is 9. The van der Waals surface area contributed by atoms with Crippen LogP contribution in [0.25, 0.3) is 43.8 Å². The molecule has 0 aromatic heterocycles. The zero-order valence-corrected chi connectivity index (χ0v) is 36.3. The van der Waals surface area contributed by atoms with Gasteiger partial charge in [-0.15, -0.1) is 0 Å². The van der Waals surface area contributed by atoms with Gasteiger partial charge in [0.2, 0.25) is 0 Å². The molecule has 0 N–H and O–H groups in total. The van der Waals surface area contributed by atoms with Crippen LogP contribution in [-0.2, 0) is 20.0 Å². The van der Waals surface area contributed by atoms with Crippen molar-refractivity contribution in [1.82, 2.24) is 0 Å². The Bertz CT molecular complexity index is 2190. The fourth-order valence-corrected chi connectivity index (χ4v) is 33.1. The summed E-state index contributed by atoms with van der Waals surface area (Å²) in [5, 5.41) is 3.50. The van der Waals surface area contributed by atoms with E-state index in [0.717, 1.165) is 0 Å². The average Bonchev–Trinajstić information content (AvgIpc) is 3.77. The number of unbranched alkanes of at least 4 members (excludes halogenated alkanes) is 3. The summed E-state index contributed by atoms with van der Waals surface area (Å²) in [6, 6.07) is 62.0. The summed E-state index contributed by atoms with van der Waals surface area (Å²) in [6.07, 6.45) is 5.17. The molecule has 0 amide bonds. The van der Waals surface area contributed by atoms with Crippen molar-refractivity contribution >= 4 is 29.6 Å². The molecule has 262 valence electrons. The second kappa shape index (κ2) is 13.9. The van der Waals surface area contributed by atoms with E-state index < -0.39 is 28.0 Å². The topological polar surface area (TPSA) is 0 Å². The third kappa shape index (κ3) is 5.71. The first-order valence-corrected chi connectivity index (χ1v) is 34.0. The summed E-state index contributed by atoms with van der Waals surface area (Å²) in [5.41, 5.74) is 17.9. The zero-order chi connectivity index (χ0) is 36.2. The van der Waals surface area contributed by atoms with Gasteiger partial charge >= 0.3 is 325 Å². The third-order valence-corrected chi connectivity index (χ3v) is 32.6. The van der Waals surface area contributed by atoms with Crippen LogP contribution in [0, 0.1) is 0 Å². The normalized spacial score (nSPS) is 20.9. The zero-order valence-electron chi connectivity index (χ0n) is 31.7. The van der Waals surface area contributed by atoms with E-state index in [4.69, 9.17) is 0 Å². The molecule has 2 aliphatic carbocycles. The van der Waals surface area contributed by atoms with E-state index in [9.17, 15) is 0 Å². The molecule has 6 aromatic carbocycles. The summed E-state index contributed by atoms with van der Waals surface area (Å²) in [4.78, 5) is 0. The van der Waals surface area contributed by atoms with Crippen molar-refractivity contribution in [3.63, 3.8) is 0 Å². The number of benzene rings is 6. The van der Waals surface area contributed by atoms with E-state index in [1.165, 1.54) is 65.1 Å². The van der Waals surface area contributed by atoms with Gasteiger partial charge in [0.15, 0.2) is 0 Å². The molecule has 6 aromatic rings. The van der Waals surface area contributed by atoms with Crippen LogP contribution in [0.5, 0.6) is 0 Å². The first-order chi connectivity index (χ1) is 25.9. The summed E-state index contributed by atoms with van der Waals surface area (Å²) in [7, 11) is -2.36. The summed E-state index contributed by atoms with van der Waals surface area (Å²) in [6.45, 7) is 5.13. The van der Waals surface area contributed by atoms with Gasteiger partial charge in [-0.1, -0.05) is 0 Å². The van der Waals surface area contributed by atoms with E-state index in [-0.39, 0.29) is 0 Å². The van der Waals surface area contributed by atoms with Crippen LogP contribution in [0.3, 0.4) is 0 Å². The van der Waals surface area contributed by atoms with Gasteiger partial charge in [-0.25, -0.2) is 0 Å². The van der Waals surface area contributed by atoms with Crippen molar-refractivity contribution in [2.24, 2.45) is 0 Å². The van der Waals surface area contributed by atoms with Crippen LogP contribution in [0.2, 0.25) is 22.0 Å². The molecule has 1 heterocycles. The van der Waals surface area contributed by atoms with Gasteiger partial charge in [-0.05, 0) is 0 Å². The van der Waals surface area contributed by atoms with E-state index in [2.05, 4.69) is 181 Å². The van der Waals surface area contributed by atoms with Gasteiger partial charge in [0.1, 0.15) is 0 Å². The molecule has 2 unspecified atom stereocenters. The summed E-state index contributed by atoms with van der Waals surface area (Å²) >= 11 is -3.45. The Morgan fingerprint density at radius 2 is 0.811 bits per heavy atom. The molecular formula is C51H50HfSi. The van der Waals surface area contributed by atoms with Crippen molar-refractivity contribution in [3.8, 4) is 22.3 Å². The molecule has 0 spiro atoms. The standard InChI is InChI=1S/C49H44Si.2CH3.Hf/c1-3-4-5-16-33-50(2,48-44-23-14-12-21-42(44)34-46(48)40-29-25-38(26-30-40)36-17-8-6-9-18-36)49-45-24-15-13-22-43(45)35-47(49)41-31-27-39(28-32-41)37-19-10-7-11-20-37;;;/h6-15,17-32,34-35H,3-5,16,33H2,1-2H3;2*1H3;. The molecule has 53 heavy (non-hydrogen) atoms. The van der Waals surface area contributed by atoms with Crippen molar-refractivity contribution in [3.05, 3.63) is 191 Å². The van der Waals surface area contributed by atoms with E-state index in [0.29, 0.717) is 7.35 Å². The summed E-state index contributed by atoms with van der Waals surface area (Å²) in [5.74, 6) is 0. The SMILES string of the molecule is CCCCCC[Si]1(C)C2=C(c3ccc(-c4ccccc4)cc3)[CH](c3ccccc32)[Hf]([CH3])([CH3])[CH]2C(c3ccc(-c4ccccc4)cc3)=C1c1ccccc12. The van der Waals surface area contributed by atoms with Gasteiger partial charge in [0.25, 0.3) is 0 Å². The van der Waals surface area contributed by atoms with Gasteiger partial charge in [0.05, 0.1) is 0 Å². The Morgan fingerprint density at radius 1 is 0.434 bits per heavy atom. The minimum atomic E-state index is -3.45. The van der Waals surface area contributed by atoms with Crippen molar-refractivity contribution in [2.45, 2.75) is 61.9 Å². The molecule has 0 saturated heterocycles. The molecule has 2 heteroatoms. The van der Waals surface area contributed by atoms with Gasteiger partial charge in [-0.3, -0.25) is 0 Å². The molecule has 0 saturated carbocycles. The Labute approximate surface area is 322 Å². The molecule has 0 radical (unpaired) electrons. The Balaban J connectivity index is 1.33. The van der Waals surface area contributed by atoms with E-state index in [1.54, 1.807) is 43.8 Å². The van der Waals surface area contributed by atoms with E-state index >= 15 is 0 Å². The van der Waals surface area contributed by atoms with Gasteiger partial charge in [-0.2, -0.15) is 0 Å². The fraction of sp³-hybridized carbons (Fsp3) is 0.216. The monoisotopic (exact) mass is 870 g/mol. The van der Waals surface area contributed by atoms with Gasteiger partial charge < -0.3 is 0 Å². The predicted octanol–water partition coefficient (Wildman–Crippen LogP) is 14.7. The maximum atomic E-state index is 2.81. The van der Waals surface area contributed by atoms with Crippen LogP contribution < -0.4 is 0 Å². The second-order valence-corrected chi connectivity index (χ2v) is 37.9. The molecule has 1 aliphatic heterocycles. The van der Waals surface area contributed by atoms with Crippen molar-refractivity contribution in [2.75, 3.05) is 0 Å². The minimum absolute atomic E-state index is 0.495. The number of hydrogen-bond acceptors (Lipinski definition) is 0. The summed E-state index contributed by atoms with van der Waals surface area (Å²) < 4.78 is 6.61. The number of allylic oxidation sites excluding steroid dienone is 2. The molecule has 0 fully saturated rings. The number of hydrogen-bond donors (Lipinski definition) is 0. The maximum absolute atomic E-state index is 3.45. The second-order valence-electron chi connectivity index (χ2n) is 16.5. The Morgan fingerprint density at radius 3 is 1.25 bits per heavy atom. The Kier molecular flexibility index (Phi) is 9.11. The quantitative estimate of drug-likeness (QED) is 0.100. The van der Waals surface area contributed by atoms with Crippen molar-refractivity contribution < 1.29 is 20.0 Å². The molecular weight excluding hydrogens is 819 g/mol. The molecule has 4 bridgehead atoms. The predicted molar refractivity (Wildman–Crippen MR) is 228 cm³/mol. The molecule has 3 aliphatic rings. The van der Waals surface area contributed by atoms with Crippen LogP contribution >= 0.6 is 0 Å². The molecule has 2 atom stereocenters. The fourth-order valence-electron chi connectivity index (χ4n) is 10.6. The first kappa shape index (κ1) is 34.6. The third-order valence-electron chi connectivity index (χ3n) is 12.9. The van der Waals surface area contributed by atoms with Gasteiger partial charge in [0, 0.05) is 0 Å². The van der Waals surface area contributed by atoms with E-state index in [1.807, 2.05) is 0 Å². The molecule has 9 rings (SSSR count). The van der Waals surface area contributed by atoms with Crippen LogP contribution in [0.4, 0.5) is 0 Å². The number of fused-ring (bicyclic) bond motifs is 8. The average molecular weight is 870 g/mol. The van der Waals surface area contributed by atoms with Crippen LogP contribution in [0.15, 0.2) is 158 Å². The van der Waals surface area contributed by atoms with Crippen LogP contribution in [0.1, 0.15) is 73.3 Å². The molecule has 0 nitrogen and oxygen atoms in total. The first-order valence-electron chi connectivity index (χ1n) is 19.9. The Hall–Kier alpha value is -4.11.